The first-order valence-corrected chi connectivity index (χ1v) is 11.7. The van der Waals surface area contributed by atoms with E-state index in [1.807, 2.05) is 6.92 Å². The molecule has 1 saturated carbocycles. The summed E-state index contributed by atoms with van der Waals surface area (Å²) in [5.74, 6) is -1.35. The number of halogens is 3. The Bertz CT molecular complexity index is 1110. The Kier molecular flexibility index (Phi) is 7.78. The summed E-state index contributed by atoms with van der Waals surface area (Å²) in [6.07, 6.45) is 3.16. The molecule has 0 amide bonds. The van der Waals surface area contributed by atoms with E-state index in [0.29, 0.717) is 23.5 Å². The molecule has 0 saturated heterocycles. The third-order valence-electron chi connectivity index (χ3n) is 6.53. The van der Waals surface area contributed by atoms with Crippen molar-refractivity contribution in [3.05, 3.63) is 83.2 Å². The minimum Gasteiger partial charge on any atom is -0.494 e. The van der Waals surface area contributed by atoms with Gasteiger partial charge in [-0.25, -0.2) is 13.2 Å². The highest BCUT2D eigenvalue weighted by Crippen LogP contribution is 2.38. The Morgan fingerprint density at radius 1 is 0.853 bits per heavy atom. The average Bonchev–Trinajstić information content (AvgIpc) is 2.86. The molecule has 0 heterocycles. The molecule has 0 unspecified atom stereocenters. The summed E-state index contributed by atoms with van der Waals surface area (Å²) in [5, 5.41) is 9.30. The average molecular weight is 471 g/mol. The van der Waals surface area contributed by atoms with Crippen molar-refractivity contribution >= 4 is 0 Å². The van der Waals surface area contributed by atoms with E-state index in [2.05, 4.69) is 0 Å². The van der Waals surface area contributed by atoms with Crippen LogP contribution >= 0.6 is 0 Å². The molecule has 3 aromatic rings. The van der Waals surface area contributed by atoms with Gasteiger partial charge in [0.2, 0.25) is 0 Å². The van der Waals surface area contributed by atoms with Crippen LogP contribution in [0.1, 0.15) is 49.7 Å². The number of aliphatic hydroxyl groups excluding tert-OH is 1. The molecule has 0 aliphatic heterocycles. The molecule has 1 aliphatic rings. The van der Waals surface area contributed by atoms with Crippen LogP contribution in [-0.2, 0) is 6.61 Å². The molecule has 0 aromatic heterocycles. The van der Waals surface area contributed by atoms with Crippen LogP contribution in [0.25, 0.3) is 11.1 Å². The lowest BCUT2D eigenvalue weighted by atomic mass is 9.78. The van der Waals surface area contributed by atoms with Gasteiger partial charge in [0.15, 0.2) is 23.2 Å². The number of benzene rings is 3. The first-order chi connectivity index (χ1) is 16.5. The Hall–Kier alpha value is -2.99. The maximum Gasteiger partial charge on any atom is 0.168 e. The van der Waals surface area contributed by atoms with E-state index in [4.69, 9.17) is 9.47 Å². The fourth-order valence-electron chi connectivity index (χ4n) is 4.56. The summed E-state index contributed by atoms with van der Waals surface area (Å²) in [4.78, 5) is 0. The number of hydrogen-bond acceptors (Lipinski definition) is 3. The van der Waals surface area contributed by atoms with Gasteiger partial charge in [-0.2, -0.15) is 0 Å². The Labute approximate surface area is 198 Å². The fraction of sp³-hybridized carbons (Fsp3) is 0.357. The van der Waals surface area contributed by atoms with Crippen LogP contribution in [0.2, 0.25) is 0 Å². The zero-order chi connectivity index (χ0) is 24.1. The molecule has 1 N–H and O–H groups in total. The highest BCUT2D eigenvalue weighted by Gasteiger charge is 2.26. The minimum atomic E-state index is -0.845. The fourth-order valence-corrected chi connectivity index (χ4v) is 4.56. The normalized spacial score (nSPS) is 18.0. The van der Waals surface area contributed by atoms with Gasteiger partial charge >= 0.3 is 0 Å². The molecule has 1 aliphatic carbocycles. The van der Waals surface area contributed by atoms with E-state index >= 15 is 0 Å². The van der Waals surface area contributed by atoms with E-state index in [1.54, 1.807) is 42.5 Å². The molecular weight excluding hydrogens is 441 g/mol. The summed E-state index contributed by atoms with van der Waals surface area (Å²) in [7, 11) is 0. The van der Waals surface area contributed by atoms with Crippen molar-refractivity contribution in [1.29, 1.82) is 0 Å². The first kappa shape index (κ1) is 24.1. The smallest absolute Gasteiger partial charge is 0.168 e. The first-order valence-electron chi connectivity index (χ1n) is 11.7. The molecule has 180 valence electrons. The lowest BCUT2D eigenvalue weighted by molar-refractivity contribution is 0.181. The van der Waals surface area contributed by atoms with Crippen molar-refractivity contribution in [2.75, 3.05) is 13.2 Å². The van der Waals surface area contributed by atoms with Crippen LogP contribution in [0.15, 0.2) is 54.6 Å². The minimum absolute atomic E-state index is 0.0196. The van der Waals surface area contributed by atoms with E-state index in [9.17, 15) is 18.3 Å². The van der Waals surface area contributed by atoms with E-state index < -0.39 is 17.5 Å². The number of aliphatic hydroxyl groups is 1. The summed E-state index contributed by atoms with van der Waals surface area (Å²) in [6, 6.07) is 14.7. The lowest BCUT2D eigenvalue weighted by Gasteiger charge is -2.28. The van der Waals surface area contributed by atoms with Gasteiger partial charge < -0.3 is 14.6 Å². The van der Waals surface area contributed by atoms with Crippen molar-refractivity contribution in [1.82, 2.24) is 0 Å². The number of hydrogen-bond donors (Lipinski definition) is 1. The van der Waals surface area contributed by atoms with Gasteiger partial charge in [-0.1, -0.05) is 36.4 Å². The number of ether oxygens (including phenoxy) is 2. The molecule has 6 heteroatoms. The van der Waals surface area contributed by atoms with Gasteiger partial charge in [0, 0.05) is 18.2 Å². The molecule has 0 spiro atoms. The van der Waals surface area contributed by atoms with Gasteiger partial charge in [0.25, 0.3) is 0 Å². The van der Waals surface area contributed by atoms with Gasteiger partial charge in [-0.05, 0) is 73.3 Å². The zero-order valence-corrected chi connectivity index (χ0v) is 19.2. The van der Waals surface area contributed by atoms with Crippen molar-refractivity contribution in [3.63, 3.8) is 0 Å². The molecule has 1 fully saturated rings. The maximum atomic E-state index is 15.0. The number of rotatable bonds is 8. The van der Waals surface area contributed by atoms with Crippen LogP contribution in [0, 0.1) is 23.4 Å². The van der Waals surface area contributed by atoms with Crippen molar-refractivity contribution in [3.8, 4) is 22.6 Å². The second kappa shape index (κ2) is 11.0. The van der Waals surface area contributed by atoms with Gasteiger partial charge in [0.1, 0.15) is 12.4 Å². The van der Waals surface area contributed by atoms with Crippen LogP contribution in [0.4, 0.5) is 13.2 Å². The lowest BCUT2D eigenvalue weighted by Crippen LogP contribution is -2.17. The van der Waals surface area contributed by atoms with E-state index in [1.165, 1.54) is 12.1 Å². The summed E-state index contributed by atoms with van der Waals surface area (Å²) >= 11 is 0. The van der Waals surface area contributed by atoms with Gasteiger partial charge in [0.05, 0.1) is 6.61 Å². The SMILES string of the molecule is CCOc1ccc(OCc2ccc(-c3ccc(C4CCC(CO)CC4)c(F)c3F)cc2)c(F)c1. The predicted molar refractivity (Wildman–Crippen MR) is 125 cm³/mol. The molecule has 34 heavy (non-hydrogen) atoms. The Balaban J connectivity index is 1.43. The molecule has 0 bridgehead atoms. The molecule has 4 rings (SSSR count). The van der Waals surface area contributed by atoms with Gasteiger partial charge in [-0.3, -0.25) is 0 Å². The van der Waals surface area contributed by atoms with Gasteiger partial charge in [-0.15, -0.1) is 0 Å². The molecule has 0 atom stereocenters. The predicted octanol–water partition coefficient (Wildman–Crippen LogP) is 7.01. The van der Waals surface area contributed by atoms with Crippen LogP contribution in [0.3, 0.4) is 0 Å². The monoisotopic (exact) mass is 470 g/mol. The summed E-state index contributed by atoms with van der Waals surface area (Å²) in [5.41, 5.74) is 1.95. The largest absolute Gasteiger partial charge is 0.494 e. The quantitative estimate of drug-likeness (QED) is 0.385. The van der Waals surface area contributed by atoms with E-state index in [-0.39, 0.29) is 36.4 Å². The van der Waals surface area contributed by atoms with Crippen LogP contribution < -0.4 is 9.47 Å². The second-order valence-electron chi connectivity index (χ2n) is 8.74. The Morgan fingerprint density at radius 3 is 2.24 bits per heavy atom. The maximum absolute atomic E-state index is 15.0. The van der Waals surface area contributed by atoms with Crippen molar-refractivity contribution in [2.45, 2.75) is 45.1 Å². The topological polar surface area (TPSA) is 38.7 Å². The third kappa shape index (κ3) is 5.39. The standard InChI is InChI=1S/C28H29F3O3/c1-2-33-22-11-14-26(25(29)15-22)34-17-19-5-9-21(10-6-19)24-13-12-23(27(30)28(24)31)20-7-3-18(16-32)4-8-20/h5-6,9-15,18,20,32H,2-4,7-8,16-17H2,1H3. The van der Waals surface area contributed by atoms with Crippen molar-refractivity contribution < 1.29 is 27.8 Å². The second-order valence-corrected chi connectivity index (χ2v) is 8.74. The summed E-state index contributed by atoms with van der Waals surface area (Å²) in [6.45, 7) is 2.56. The third-order valence-corrected chi connectivity index (χ3v) is 6.53. The molecular formula is C28H29F3O3. The Morgan fingerprint density at radius 2 is 1.59 bits per heavy atom. The summed E-state index contributed by atoms with van der Waals surface area (Å²) < 4.78 is 54.9. The zero-order valence-electron chi connectivity index (χ0n) is 19.2. The molecule has 0 radical (unpaired) electrons. The molecule has 3 aromatic carbocycles. The van der Waals surface area contributed by atoms with E-state index in [0.717, 1.165) is 31.2 Å². The van der Waals surface area contributed by atoms with Crippen LogP contribution in [-0.4, -0.2) is 18.3 Å². The highest BCUT2D eigenvalue weighted by molar-refractivity contribution is 5.65. The van der Waals surface area contributed by atoms with Crippen molar-refractivity contribution in [2.24, 2.45) is 5.92 Å². The molecule has 3 nitrogen and oxygen atoms in total. The highest BCUT2D eigenvalue weighted by atomic mass is 19.2. The van der Waals surface area contributed by atoms with Crippen LogP contribution in [0.5, 0.6) is 11.5 Å².